The Kier molecular flexibility index (Phi) is 4.48. The lowest BCUT2D eigenvalue weighted by molar-refractivity contribution is 0.247. The van der Waals surface area contributed by atoms with Gasteiger partial charge in [0.1, 0.15) is 11.6 Å². The van der Waals surface area contributed by atoms with Crippen LogP contribution in [-0.4, -0.2) is 32.3 Å². The molecular weight excluding hydrogens is 391 g/mol. The van der Waals surface area contributed by atoms with Crippen molar-refractivity contribution in [2.45, 2.75) is 32.5 Å². The van der Waals surface area contributed by atoms with Crippen LogP contribution in [0.25, 0.3) is 0 Å². The number of thiophene rings is 1. The summed E-state index contributed by atoms with van der Waals surface area (Å²) in [5.74, 6) is 0.341. The highest BCUT2D eigenvalue weighted by Gasteiger charge is 2.44. The van der Waals surface area contributed by atoms with Gasteiger partial charge in [0.05, 0.1) is 6.54 Å². The van der Waals surface area contributed by atoms with Crippen LogP contribution in [0, 0.1) is 11.2 Å². The minimum absolute atomic E-state index is 0.0298. The lowest BCUT2D eigenvalue weighted by atomic mass is 9.86. The number of rotatable bonds is 4. The predicted octanol–water partition coefficient (Wildman–Crippen LogP) is 2.10. The number of fused-ring (bicyclic) bond motifs is 1. The monoisotopic (exact) mass is 412 g/mol. The van der Waals surface area contributed by atoms with Crippen LogP contribution in [0.5, 0.6) is 0 Å². The summed E-state index contributed by atoms with van der Waals surface area (Å²) in [5.41, 5.74) is -0.423. The molecule has 4 heterocycles. The quantitative estimate of drug-likeness (QED) is 0.616. The van der Waals surface area contributed by atoms with E-state index >= 15 is 0 Å². The van der Waals surface area contributed by atoms with Gasteiger partial charge in [0.25, 0.3) is 0 Å². The molecule has 1 saturated heterocycles. The van der Waals surface area contributed by atoms with Gasteiger partial charge in [-0.05, 0) is 42.1 Å². The fourth-order valence-electron chi connectivity index (χ4n) is 4.53. The highest BCUT2D eigenvalue weighted by Crippen LogP contribution is 2.39. The molecule has 8 heteroatoms. The maximum absolute atomic E-state index is 13.1. The van der Waals surface area contributed by atoms with E-state index in [0.717, 1.165) is 31.6 Å². The number of benzene rings is 1. The van der Waals surface area contributed by atoms with Gasteiger partial charge in [-0.15, -0.1) is 11.3 Å². The van der Waals surface area contributed by atoms with Crippen molar-refractivity contribution in [2.24, 2.45) is 5.41 Å². The first-order chi connectivity index (χ1) is 14.0. The summed E-state index contributed by atoms with van der Waals surface area (Å²) < 4.78 is 15.9. The molecule has 1 spiro atoms. The molecule has 150 valence electrons. The summed E-state index contributed by atoms with van der Waals surface area (Å²) >= 11 is 1.76. The van der Waals surface area contributed by atoms with E-state index in [-0.39, 0.29) is 17.8 Å². The lowest BCUT2D eigenvalue weighted by Gasteiger charge is -2.22. The zero-order valence-electron chi connectivity index (χ0n) is 15.9. The molecule has 2 aliphatic heterocycles. The van der Waals surface area contributed by atoms with Gasteiger partial charge in [-0.25, -0.2) is 9.07 Å². The van der Waals surface area contributed by atoms with Crippen molar-refractivity contribution in [3.63, 3.8) is 0 Å². The maximum Gasteiger partial charge on any atom is 0.332 e. The van der Waals surface area contributed by atoms with E-state index in [1.54, 1.807) is 28.0 Å². The predicted molar refractivity (Wildman–Crippen MR) is 109 cm³/mol. The molecule has 0 radical (unpaired) electrons. The molecule has 5 rings (SSSR count). The first-order valence-electron chi connectivity index (χ1n) is 9.71. The number of nitrogens with zero attached hydrogens (tertiary/aromatic N) is 4. The Morgan fingerprint density at radius 1 is 1.07 bits per heavy atom. The van der Waals surface area contributed by atoms with Crippen molar-refractivity contribution >= 4 is 11.3 Å². The first kappa shape index (κ1) is 18.4. The second-order valence-electron chi connectivity index (χ2n) is 8.11. The molecule has 0 aliphatic carbocycles. The van der Waals surface area contributed by atoms with Crippen molar-refractivity contribution in [3.8, 4) is 0 Å². The minimum Gasteiger partial charge on any atom is -0.298 e. The smallest absolute Gasteiger partial charge is 0.298 e. The Morgan fingerprint density at radius 3 is 2.66 bits per heavy atom. The molecule has 0 unspecified atom stereocenters. The van der Waals surface area contributed by atoms with E-state index in [4.69, 9.17) is 0 Å². The van der Waals surface area contributed by atoms with Crippen LogP contribution in [0.1, 0.15) is 22.7 Å². The third kappa shape index (κ3) is 3.47. The summed E-state index contributed by atoms with van der Waals surface area (Å²) in [4.78, 5) is 29.0. The van der Waals surface area contributed by atoms with Gasteiger partial charge in [-0.3, -0.25) is 19.1 Å². The van der Waals surface area contributed by atoms with E-state index in [9.17, 15) is 14.0 Å². The standard InChI is InChI=1S/C21H21FN4O2S/c22-16-5-3-15(4-6-16)11-26-20(28)19(27)25-14-21(10-18(25)23-26)7-8-24(13-21)12-17-2-1-9-29-17/h1-6,9H,7-8,10-14H2/t21-/m0/s1. The molecule has 0 N–H and O–H groups in total. The van der Waals surface area contributed by atoms with Gasteiger partial charge in [-0.1, -0.05) is 18.2 Å². The second-order valence-corrected chi connectivity index (χ2v) is 9.15. The van der Waals surface area contributed by atoms with Gasteiger partial charge < -0.3 is 0 Å². The second kappa shape index (κ2) is 7.03. The molecular formula is C21H21FN4O2S. The highest BCUT2D eigenvalue weighted by atomic mass is 32.1. The molecule has 29 heavy (non-hydrogen) atoms. The topological polar surface area (TPSA) is 60.1 Å². The van der Waals surface area contributed by atoms with E-state index in [1.807, 2.05) is 0 Å². The zero-order chi connectivity index (χ0) is 20.0. The van der Waals surface area contributed by atoms with Crippen molar-refractivity contribution in [2.75, 3.05) is 13.1 Å². The van der Waals surface area contributed by atoms with Crippen molar-refractivity contribution < 1.29 is 4.39 Å². The normalized spacial score (nSPS) is 21.1. The van der Waals surface area contributed by atoms with E-state index in [0.29, 0.717) is 18.8 Å². The van der Waals surface area contributed by atoms with Crippen LogP contribution >= 0.6 is 11.3 Å². The molecule has 1 atom stereocenters. The van der Waals surface area contributed by atoms with Gasteiger partial charge in [0, 0.05) is 36.3 Å². The van der Waals surface area contributed by atoms with Crippen molar-refractivity contribution in [1.82, 2.24) is 19.2 Å². The third-order valence-electron chi connectivity index (χ3n) is 5.96. The van der Waals surface area contributed by atoms with Crippen LogP contribution in [0.3, 0.4) is 0 Å². The summed E-state index contributed by atoms with van der Waals surface area (Å²) in [6.45, 7) is 3.54. The van der Waals surface area contributed by atoms with Crippen molar-refractivity contribution in [3.05, 3.63) is 84.6 Å². The molecule has 1 fully saturated rings. The fourth-order valence-corrected chi connectivity index (χ4v) is 5.28. The Morgan fingerprint density at radius 2 is 1.90 bits per heavy atom. The highest BCUT2D eigenvalue weighted by molar-refractivity contribution is 7.09. The van der Waals surface area contributed by atoms with Crippen LogP contribution in [-0.2, 0) is 26.1 Å². The number of likely N-dealkylation sites (tertiary alicyclic amines) is 1. The fraction of sp³-hybridized carbons (Fsp3) is 0.381. The number of hydrogen-bond donors (Lipinski definition) is 0. The van der Waals surface area contributed by atoms with E-state index in [1.165, 1.54) is 21.7 Å². The SMILES string of the molecule is O=c1c(=O)n2c(nn1Cc1ccc(F)cc1)C[C@]1(CCN(Cc3cccs3)C1)C2. The average molecular weight is 412 g/mol. The van der Waals surface area contributed by atoms with Crippen LogP contribution in [0.15, 0.2) is 51.4 Å². The van der Waals surface area contributed by atoms with Crippen LogP contribution in [0.4, 0.5) is 4.39 Å². The van der Waals surface area contributed by atoms with Crippen LogP contribution in [0.2, 0.25) is 0 Å². The number of aromatic nitrogens is 3. The number of hydrogen-bond acceptors (Lipinski definition) is 5. The van der Waals surface area contributed by atoms with Gasteiger partial charge in [0.2, 0.25) is 0 Å². The molecule has 6 nitrogen and oxygen atoms in total. The first-order valence-corrected chi connectivity index (χ1v) is 10.6. The Balaban J connectivity index is 1.38. The molecule has 3 aromatic rings. The van der Waals surface area contributed by atoms with E-state index < -0.39 is 11.1 Å². The molecule has 0 amide bonds. The minimum atomic E-state index is -0.622. The third-order valence-corrected chi connectivity index (χ3v) is 6.82. The average Bonchev–Trinajstić information content (AvgIpc) is 3.43. The molecule has 2 aliphatic rings. The van der Waals surface area contributed by atoms with Gasteiger partial charge in [-0.2, -0.15) is 5.10 Å². The zero-order valence-corrected chi connectivity index (χ0v) is 16.7. The summed E-state index contributed by atoms with van der Waals surface area (Å²) in [5, 5.41) is 6.60. The van der Waals surface area contributed by atoms with Gasteiger partial charge in [0.15, 0.2) is 0 Å². The van der Waals surface area contributed by atoms with Crippen molar-refractivity contribution in [1.29, 1.82) is 0 Å². The van der Waals surface area contributed by atoms with E-state index in [2.05, 4.69) is 27.5 Å². The summed E-state index contributed by atoms with van der Waals surface area (Å²) in [7, 11) is 0. The summed E-state index contributed by atoms with van der Waals surface area (Å²) in [6.07, 6.45) is 1.69. The van der Waals surface area contributed by atoms with Gasteiger partial charge >= 0.3 is 11.1 Å². The molecule has 2 aromatic heterocycles. The summed E-state index contributed by atoms with van der Waals surface area (Å²) in [6, 6.07) is 10.1. The molecule has 0 saturated carbocycles. The maximum atomic E-state index is 13.1. The molecule has 1 aromatic carbocycles. The number of halogens is 1. The van der Waals surface area contributed by atoms with Crippen LogP contribution < -0.4 is 11.1 Å². The lowest BCUT2D eigenvalue weighted by Crippen LogP contribution is -2.43. The Hall–Kier alpha value is -2.58. The largest absolute Gasteiger partial charge is 0.332 e. The Labute approximate surface area is 170 Å². The Bertz CT molecular complexity index is 1150. The molecule has 0 bridgehead atoms.